The van der Waals surface area contributed by atoms with Gasteiger partial charge in [0.25, 0.3) is 0 Å². The number of unbranched alkanes of at least 4 members (excludes halogenated alkanes) is 2. The minimum absolute atomic E-state index is 0.0720. The van der Waals surface area contributed by atoms with Crippen LogP contribution < -0.4 is 0 Å². The van der Waals surface area contributed by atoms with E-state index in [-0.39, 0.29) is 11.1 Å². The highest BCUT2D eigenvalue weighted by Crippen LogP contribution is 2.18. The molecule has 110 valence electrons. The molecule has 0 atom stereocenters. The van der Waals surface area contributed by atoms with E-state index in [1.807, 2.05) is 13.8 Å². The lowest BCUT2D eigenvalue weighted by Gasteiger charge is -2.08. The summed E-state index contributed by atoms with van der Waals surface area (Å²) in [6.07, 6.45) is 3.83. The minimum atomic E-state index is -1.10. The molecular weight excluding hydrogens is 268 g/mol. The molecule has 19 heavy (non-hydrogen) atoms. The van der Waals surface area contributed by atoms with Crippen LogP contribution >= 0.6 is 11.6 Å². The zero-order chi connectivity index (χ0) is 15.3. The summed E-state index contributed by atoms with van der Waals surface area (Å²) in [5.74, 6) is -2.19. The maximum atomic E-state index is 11.0. The van der Waals surface area contributed by atoms with Crippen LogP contribution in [-0.4, -0.2) is 22.2 Å². The van der Waals surface area contributed by atoms with E-state index in [0.717, 1.165) is 12.8 Å². The molecule has 0 bridgehead atoms. The normalized spacial score (nSPS) is 10.9. The van der Waals surface area contributed by atoms with Gasteiger partial charge in [-0.3, -0.25) is 0 Å². The zero-order valence-electron chi connectivity index (χ0n) is 11.6. The van der Waals surface area contributed by atoms with Crippen LogP contribution in [-0.2, 0) is 9.59 Å². The summed E-state index contributed by atoms with van der Waals surface area (Å²) in [6, 6.07) is 0. The zero-order valence-corrected chi connectivity index (χ0v) is 12.4. The van der Waals surface area contributed by atoms with E-state index in [1.165, 1.54) is 5.54 Å². The van der Waals surface area contributed by atoms with E-state index in [4.69, 9.17) is 21.8 Å². The average Bonchev–Trinajstić information content (AvgIpc) is 2.33. The van der Waals surface area contributed by atoms with Crippen molar-refractivity contribution in [2.75, 3.05) is 0 Å². The molecule has 0 saturated heterocycles. The number of carbonyl (C=O) groups is 2. The summed E-state index contributed by atoms with van der Waals surface area (Å²) in [7, 11) is 0. The predicted molar refractivity (Wildman–Crippen MR) is 77.4 cm³/mol. The number of halogens is 1. The highest BCUT2D eigenvalue weighted by Gasteiger charge is 2.18. The van der Waals surface area contributed by atoms with Crippen molar-refractivity contribution in [2.24, 2.45) is 0 Å². The Hall–Kier alpha value is -1.29. The second-order valence-corrected chi connectivity index (χ2v) is 4.24. The first-order chi connectivity index (χ1) is 8.95. The third-order valence-electron chi connectivity index (χ3n) is 2.44. The maximum absolute atomic E-state index is 11.0. The fraction of sp³-hybridized carbons (Fsp3) is 0.571. The number of aliphatic carboxylic acids is 2. The molecule has 5 heteroatoms. The lowest BCUT2D eigenvalue weighted by molar-refractivity contribution is -0.136. The van der Waals surface area contributed by atoms with Crippen molar-refractivity contribution >= 4 is 23.5 Å². The van der Waals surface area contributed by atoms with E-state index in [2.05, 4.69) is 6.58 Å². The number of hydrogen-bond acceptors (Lipinski definition) is 2. The highest BCUT2D eigenvalue weighted by atomic mass is 35.5. The Morgan fingerprint density at radius 2 is 1.26 bits per heavy atom. The standard InChI is InChI=1S/C12H20O4.C2H3Cl/c1-3-5-7-9(11(13)14)10(12(15)16)8-6-4-2;1-2-3/h3-8H2,1-2H3,(H,13,14)(H,15,16);2H,1H2/b10-9+;. The van der Waals surface area contributed by atoms with Crippen LogP contribution in [0.5, 0.6) is 0 Å². The van der Waals surface area contributed by atoms with Crippen LogP contribution in [0.25, 0.3) is 0 Å². The molecule has 0 amide bonds. The molecule has 0 aliphatic heterocycles. The number of carboxylic acids is 2. The van der Waals surface area contributed by atoms with E-state index in [0.29, 0.717) is 25.7 Å². The third kappa shape index (κ3) is 10.3. The van der Waals surface area contributed by atoms with Gasteiger partial charge in [0.2, 0.25) is 0 Å². The summed E-state index contributed by atoms with van der Waals surface area (Å²) in [5, 5.41) is 18.0. The van der Waals surface area contributed by atoms with Gasteiger partial charge < -0.3 is 10.2 Å². The number of rotatable bonds is 8. The molecule has 0 rings (SSSR count). The Bertz CT molecular complexity index is 293. The van der Waals surface area contributed by atoms with Gasteiger partial charge >= 0.3 is 11.9 Å². The lowest BCUT2D eigenvalue weighted by atomic mass is 9.98. The van der Waals surface area contributed by atoms with Crippen LogP contribution in [0.4, 0.5) is 0 Å². The van der Waals surface area contributed by atoms with Gasteiger partial charge in [-0.1, -0.05) is 44.9 Å². The molecular formula is C14H23ClO4. The summed E-state index contributed by atoms with van der Waals surface area (Å²) >= 11 is 4.76. The van der Waals surface area contributed by atoms with Crippen molar-refractivity contribution in [1.29, 1.82) is 0 Å². The summed E-state index contributed by atoms with van der Waals surface area (Å²) in [5.41, 5.74) is 1.37. The van der Waals surface area contributed by atoms with E-state index in [1.54, 1.807) is 0 Å². The summed E-state index contributed by atoms with van der Waals surface area (Å²) < 4.78 is 0. The first-order valence-corrected chi connectivity index (χ1v) is 6.79. The van der Waals surface area contributed by atoms with Crippen molar-refractivity contribution in [3.8, 4) is 0 Å². The molecule has 0 saturated carbocycles. The second kappa shape index (κ2) is 13.1. The van der Waals surface area contributed by atoms with Gasteiger partial charge in [0.15, 0.2) is 0 Å². The Morgan fingerprint density at radius 1 is 1.00 bits per heavy atom. The van der Waals surface area contributed by atoms with Crippen molar-refractivity contribution < 1.29 is 19.8 Å². The number of carboxylic acid groups (broad SMARTS) is 2. The monoisotopic (exact) mass is 290 g/mol. The minimum Gasteiger partial charge on any atom is -0.478 e. The molecule has 0 aromatic heterocycles. The van der Waals surface area contributed by atoms with Gasteiger partial charge in [0.05, 0.1) is 0 Å². The summed E-state index contributed by atoms with van der Waals surface area (Å²) in [4.78, 5) is 22.0. The maximum Gasteiger partial charge on any atom is 0.332 e. The first-order valence-electron chi connectivity index (χ1n) is 6.35. The van der Waals surface area contributed by atoms with Gasteiger partial charge in [0.1, 0.15) is 0 Å². The van der Waals surface area contributed by atoms with Crippen molar-refractivity contribution in [2.45, 2.75) is 52.4 Å². The molecule has 0 unspecified atom stereocenters. The molecule has 0 aromatic carbocycles. The molecule has 2 N–H and O–H groups in total. The fourth-order valence-electron chi connectivity index (χ4n) is 1.48. The van der Waals surface area contributed by atoms with Gasteiger partial charge in [-0.25, -0.2) is 9.59 Å². The largest absolute Gasteiger partial charge is 0.478 e. The Morgan fingerprint density at radius 3 is 1.42 bits per heavy atom. The van der Waals surface area contributed by atoms with Crippen molar-refractivity contribution in [1.82, 2.24) is 0 Å². The van der Waals surface area contributed by atoms with E-state index in [9.17, 15) is 9.59 Å². The SMILES string of the molecule is C=CCl.CCCC/C(C(=O)O)=C(/CCCC)C(=O)O. The Kier molecular flexibility index (Phi) is 13.9. The second-order valence-electron chi connectivity index (χ2n) is 3.93. The van der Waals surface area contributed by atoms with Gasteiger partial charge in [-0.2, -0.15) is 0 Å². The number of hydrogen-bond donors (Lipinski definition) is 2. The smallest absolute Gasteiger partial charge is 0.332 e. The van der Waals surface area contributed by atoms with Crippen LogP contribution in [0.3, 0.4) is 0 Å². The quantitative estimate of drug-likeness (QED) is 0.657. The van der Waals surface area contributed by atoms with E-state index >= 15 is 0 Å². The molecule has 0 fully saturated rings. The average molecular weight is 291 g/mol. The molecule has 0 aliphatic carbocycles. The molecule has 0 radical (unpaired) electrons. The molecule has 0 heterocycles. The van der Waals surface area contributed by atoms with E-state index < -0.39 is 11.9 Å². The third-order valence-corrected chi connectivity index (χ3v) is 2.44. The Balaban J connectivity index is 0. The van der Waals surface area contributed by atoms with Crippen molar-refractivity contribution in [3.63, 3.8) is 0 Å². The van der Waals surface area contributed by atoms with Crippen molar-refractivity contribution in [3.05, 3.63) is 23.3 Å². The molecule has 4 nitrogen and oxygen atoms in total. The van der Waals surface area contributed by atoms with Crippen LogP contribution in [0.15, 0.2) is 23.3 Å². The van der Waals surface area contributed by atoms with Crippen LogP contribution in [0, 0.1) is 0 Å². The Labute approximate surface area is 119 Å². The molecule has 0 aliphatic rings. The molecule has 0 aromatic rings. The molecule has 0 spiro atoms. The van der Waals surface area contributed by atoms with Gasteiger partial charge in [-0.15, -0.1) is 0 Å². The lowest BCUT2D eigenvalue weighted by Crippen LogP contribution is -2.11. The van der Waals surface area contributed by atoms with Gasteiger partial charge in [-0.05, 0) is 31.2 Å². The topological polar surface area (TPSA) is 74.6 Å². The van der Waals surface area contributed by atoms with Gasteiger partial charge in [0, 0.05) is 11.1 Å². The summed E-state index contributed by atoms with van der Waals surface area (Å²) in [6.45, 7) is 7.03. The van der Waals surface area contributed by atoms with Crippen LogP contribution in [0.2, 0.25) is 0 Å². The highest BCUT2D eigenvalue weighted by molar-refractivity contribution is 6.25. The first kappa shape index (κ1) is 20.0. The fourth-order valence-corrected chi connectivity index (χ4v) is 1.48. The predicted octanol–water partition coefficient (Wildman–Crippen LogP) is 4.20. The van der Waals surface area contributed by atoms with Crippen LogP contribution in [0.1, 0.15) is 52.4 Å².